The van der Waals surface area contributed by atoms with Crippen LogP contribution in [-0.2, 0) is 17.8 Å². The van der Waals surface area contributed by atoms with Gasteiger partial charge in [-0.25, -0.2) is 9.48 Å². The fourth-order valence-electron chi connectivity index (χ4n) is 4.06. The highest BCUT2D eigenvalue weighted by Gasteiger charge is 2.34. The number of nitrogens with two attached hydrogens (primary N) is 1. The number of aromatic nitrogens is 2. The van der Waals surface area contributed by atoms with Gasteiger partial charge in [-0.15, -0.1) is 0 Å². The summed E-state index contributed by atoms with van der Waals surface area (Å²) in [6, 6.07) is 13.3. The van der Waals surface area contributed by atoms with Crippen molar-refractivity contribution in [1.82, 2.24) is 14.7 Å². The lowest BCUT2D eigenvalue weighted by Crippen LogP contribution is -2.33. The number of carbonyl (C=O) groups excluding carboxylic acids is 2. The van der Waals surface area contributed by atoms with Crippen LogP contribution < -0.4 is 5.73 Å². The van der Waals surface area contributed by atoms with Crippen molar-refractivity contribution in [3.63, 3.8) is 0 Å². The number of primary amides is 1. The second-order valence-electron chi connectivity index (χ2n) is 9.20. The third-order valence-corrected chi connectivity index (χ3v) is 5.50. The fourth-order valence-corrected chi connectivity index (χ4v) is 4.06. The van der Waals surface area contributed by atoms with E-state index in [2.05, 4.69) is 26.0 Å². The quantitative estimate of drug-likeness (QED) is 0.659. The van der Waals surface area contributed by atoms with Gasteiger partial charge in [0.25, 0.3) is 0 Å². The van der Waals surface area contributed by atoms with Crippen molar-refractivity contribution in [3.05, 3.63) is 70.4 Å². The molecule has 2 N–H and O–H groups in total. The van der Waals surface area contributed by atoms with E-state index in [0.29, 0.717) is 18.7 Å². The molecule has 0 saturated carbocycles. The fraction of sp³-hybridized carbons (Fsp3) is 0.320. The summed E-state index contributed by atoms with van der Waals surface area (Å²) in [5, 5.41) is 4.92. The van der Waals surface area contributed by atoms with Gasteiger partial charge in [0.1, 0.15) is 5.60 Å². The number of benzene rings is 2. The summed E-state index contributed by atoms with van der Waals surface area (Å²) < 4.78 is 7.52. The van der Waals surface area contributed by atoms with Crippen LogP contribution in [0.4, 0.5) is 4.79 Å². The van der Waals surface area contributed by atoms with E-state index in [1.54, 1.807) is 17.0 Å². The van der Waals surface area contributed by atoms with Crippen LogP contribution in [0.5, 0.6) is 0 Å². The van der Waals surface area contributed by atoms with Gasteiger partial charge in [0.05, 0.1) is 30.2 Å². The van der Waals surface area contributed by atoms with E-state index in [-0.39, 0.29) is 6.09 Å². The van der Waals surface area contributed by atoms with Gasteiger partial charge in [-0.2, -0.15) is 5.10 Å². The Morgan fingerprint density at radius 3 is 2.19 bits per heavy atom. The molecule has 2 aromatic carbocycles. The predicted octanol–water partition coefficient (Wildman–Crippen LogP) is 4.51. The molecule has 1 aliphatic rings. The molecule has 7 nitrogen and oxygen atoms in total. The average Bonchev–Trinajstić information content (AvgIpc) is 3.25. The molecule has 1 aromatic heterocycles. The minimum absolute atomic E-state index is 0.357. The van der Waals surface area contributed by atoms with Crippen molar-refractivity contribution in [3.8, 4) is 16.9 Å². The van der Waals surface area contributed by atoms with Crippen LogP contribution in [0.2, 0.25) is 0 Å². The number of carbonyl (C=O) groups is 2. The first kappa shape index (κ1) is 21.6. The van der Waals surface area contributed by atoms with E-state index < -0.39 is 11.5 Å². The monoisotopic (exact) mass is 432 g/mol. The lowest BCUT2D eigenvalue weighted by Gasteiger charge is -2.24. The molecule has 0 unspecified atom stereocenters. The molecule has 4 rings (SSSR count). The van der Waals surface area contributed by atoms with Crippen LogP contribution in [-0.4, -0.2) is 32.3 Å². The number of hydrogen-bond acceptors (Lipinski definition) is 4. The lowest BCUT2D eigenvalue weighted by molar-refractivity contribution is 0.0239. The number of rotatable bonds is 3. The molecule has 0 aliphatic carbocycles. The molecule has 0 spiro atoms. The maximum absolute atomic E-state index is 12.7. The second kappa shape index (κ2) is 7.82. The van der Waals surface area contributed by atoms with Crippen LogP contribution in [0.15, 0.2) is 42.5 Å². The number of hydrogen-bond donors (Lipinski definition) is 1. The molecule has 0 atom stereocenters. The minimum atomic E-state index is -0.567. The molecule has 3 aromatic rings. The Labute approximate surface area is 187 Å². The molecule has 32 heavy (non-hydrogen) atoms. The summed E-state index contributed by atoms with van der Waals surface area (Å²) in [6.07, 6.45) is -0.357. The molecule has 0 fully saturated rings. The molecule has 166 valence electrons. The van der Waals surface area contributed by atoms with Crippen LogP contribution in [0, 0.1) is 13.8 Å². The summed E-state index contributed by atoms with van der Waals surface area (Å²) in [6.45, 7) is 10.5. The van der Waals surface area contributed by atoms with E-state index in [0.717, 1.165) is 39.3 Å². The van der Waals surface area contributed by atoms with Crippen LogP contribution in [0.3, 0.4) is 0 Å². The number of amides is 2. The summed E-state index contributed by atoms with van der Waals surface area (Å²) in [4.78, 5) is 25.9. The third kappa shape index (κ3) is 3.98. The second-order valence-corrected chi connectivity index (χ2v) is 9.20. The minimum Gasteiger partial charge on any atom is -0.444 e. The zero-order valence-electron chi connectivity index (χ0n) is 19.1. The molecular weight excluding hydrogens is 404 g/mol. The molecule has 1 aliphatic heterocycles. The number of ether oxygens (including phenoxy) is 1. The van der Waals surface area contributed by atoms with Crippen molar-refractivity contribution in [2.45, 2.75) is 53.3 Å². The maximum atomic E-state index is 12.7. The van der Waals surface area contributed by atoms with Gasteiger partial charge in [0.15, 0.2) is 0 Å². The normalized spacial score (nSPS) is 13.2. The van der Waals surface area contributed by atoms with Gasteiger partial charge < -0.3 is 10.5 Å². The number of para-hydroxylation sites is 1. The first-order chi connectivity index (χ1) is 15.0. The van der Waals surface area contributed by atoms with E-state index in [1.807, 2.05) is 43.7 Å². The summed E-state index contributed by atoms with van der Waals surface area (Å²) in [5.74, 6) is -0.471. The van der Waals surface area contributed by atoms with Gasteiger partial charge in [-0.3, -0.25) is 9.69 Å². The molecule has 0 saturated heterocycles. The lowest BCUT2D eigenvalue weighted by atomic mass is 10.0. The highest BCUT2D eigenvalue weighted by molar-refractivity contribution is 5.93. The molecule has 0 radical (unpaired) electrons. The van der Waals surface area contributed by atoms with Crippen molar-refractivity contribution in [2.24, 2.45) is 5.73 Å². The van der Waals surface area contributed by atoms with Crippen LogP contribution in [0.25, 0.3) is 16.9 Å². The first-order valence-electron chi connectivity index (χ1n) is 10.6. The van der Waals surface area contributed by atoms with Gasteiger partial charge >= 0.3 is 6.09 Å². The Kier molecular flexibility index (Phi) is 5.28. The number of fused-ring (bicyclic) bond motifs is 1. The topological polar surface area (TPSA) is 90.5 Å². The Morgan fingerprint density at radius 1 is 1.00 bits per heavy atom. The molecule has 7 heteroatoms. The Morgan fingerprint density at radius 2 is 1.62 bits per heavy atom. The van der Waals surface area contributed by atoms with Gasteiger partial charge in [-0.1, -0.05) is 30.3 Å². The van der Waals surface area contributed by atoms with Crippen LogP contribution in [0.1, 0.15) is 53.5 Å². The standard InChI is InChI=1S/C25H28N4O3/c1-15-7-6-8-16(2)21(15)29-22(17-9-11-18(12-10-17)23(26)30)19-13-28(14-20(19)27-29)24(31)32-25(3,4)5/h6-12H,13-14H2,1-5H3,(H2,26,30). The van der Waals surface area contributed by atoms with Crippen molar-refractivity contribution in [1.29, 1.82) is 0 Å². The van der Waals surface area contributed by atoms with Gasteiger partial charge in [-0.05, 0) is 57.9 Å². The SMILES string of the molecule is Cc1cccc(C)c1-n1nc2c(c1-c1ccc(C(N)=O)cc1)CN(C(=O)OC(C)(C)C)C2. The van der Waals surface area contributed by atoms with Gasteiger partial charge in [0, 0.05) is 16.7 Å². The summed E-state index contributed by atoms with van der Waals surface area (Å²) in [5.41, 5.74) is 12.1. The highest BCUT2D eigenvalue weighted by Crippen LogP contribution is 2.36. The zero-order valence-corrected chi connectivity index (χ0v) is 19.1. The summed E-state index contributed by atoms with van der Waals surface area (Å²) >= 11 is 0. The molecule has 0 bridgehead atoms. The van der Waals surface area contributed by atoms with Crippen molar-refractivity contribution in [2.75, 3.05) is 0 Å². The predicted molar refractivity (Wildman–Crippen MR) is 122 cm³/mol. The first-order valence-corrected chi connectivity index (χ1v) is 10.6. The Balaban J connectivity index is 1.82. The third-order valence-electron chi connectivity index (χ3n) is 5.50. The smallest absolute Gasteiger partial charge is 0.410 e. The van der Waals surface area contributed by atoms with Gasteiger partial charge in [0.2, 0.25) is 5.91 Å². The van der Waals surface area contributed by atoms with E-state index in [1.165, 1.54) is 0 Å². The largest absolute Gasteiger partial charge is 0.444 e. The molecule has 2 heterocycles. The van der Waals surface area contributed by atoms with Crippen molar-refractivity contribution >= 4 is 12.0 Å². The van der Waals surface area contributed by atoms with Crippen LogP contribution >= 0.6 is 0 Å². The molecular formula is C25H28N4O3. The van der Waals surface area contributed by atoms with E-state index in [4.69, 9.17) is 15.6 Å². The molecule has 2 amide bonds. The zero-order chi connectivity index (χ0) is 23.2. The highest BCUT2D eigenvalue weighted by atomic mass is 16.6. The number of aryl methyl sites for hydroxylation is 2. The average molecular weight is 433 g/mol. The summed E-state index contributed by atoms with van der Waals surface area (Å²) in [7, 11) is 0. The van der Waals surface area contributed by atoms with E-state index >= 15 is 0 Å². The Bertz CT molecular complexity index is 1180. The maximum Gasteiger partial charge on any atom is 0.410 e. The Hall–Kier alpha value is -3.61. The number of nitrogens with zero attached hydrogens (tertiary/aromatic N) is 3. The van der Waals surface area contributed by atoms with E-state index in [9.17, 15) is 9.59 Å². The van der Waals surface area contributed by atoms with Crippen molar-refractivity contribution < 1.29 is 14.3 Å².